The highest BCUT2D eigenvalue weighted by Crippen LogP contribution is 2.31. The number of rotatable bonds is 5. The summed E-state index contributed by atoms with van der Waals surface area (Å²) < 4.78 is 3.74. The lowest BCUT2D eigenvalue weighted by atomic mass is 10.2. The van der Waals surface area contributed by atoms with Crippen LogP contribution in [0.4, 0.5) is 10.5 Å². The zero-order valence-corrected chi connectivity index (χ0v) is 15.1. The quantitative estimate of drug-likeness (QED) is 0.723. The second-order valence-electron chi connectivity index (χ2n) is 6.75. The van der Waals surface area contributed by atoms with E-state index in [1.54, 1.807) is 17.3 Å². The van der Waals surface area contributed by atoms with Crippen molar-refractivity contribution in [1.29, 1.82) is 0 Å². The van der Waals surface area contributed by atoms with Crippen molar-refractivity contribution in [3.63, 3.8) is 0 Å². The van der Waals surface area contributed by atoms with Crippen molar-refractivity contribution in [2.75, 3.05) is 5.32 Å². The van der Waals surface area contributed by atoms with Crippen LogP contribution in [0.3, 0.4) is 0 Å². The Morgan fingerprint density at radius 3 is 2.89 bits per heavy atom. The minimum absolute atomic E-state index is 0.244. The molecule has 2 amide bonds. The van der Waals surface area contributed by atoms with E-state index in [2.05, 4.69) is 35.5 Å². The van der Waals surface area contributed by atoms with E-state index in [0.29, 0.717) is 11.7 Å². The molecular formula is C18H22N8O. The Bertz CT molecular complexity index is 898. The van der Waals surface area contributed by atoms with Crippen molar-refractivity contribution in [2.45, 2.75) is 44.7 Å². The van der Waals surface area contributed by atoms with Crippen LogP contribution in [0.25, 0.3) is 5.69 Å². The van der Waals surface area contributed by atoms with E-state index in [9.17, 15) is 4.79 Å². The van der Waals surface area contributed by atoms with Crippen LogP contribution in [-0.2, 0) is 0 Å². The van der Waals surface area contributed by atoms with Crippen LogP contribution >= 0.6 is 0 Å². The van der Waals surface area contributed by atoms with E-state index >= 15 is 0 Å². The van der Waals surface area contributed by atoms with Crippen molar-refractivity contribution in [3.8, 4) is 5.69 Å². The van der Waals surface area contributed by atoms with Crippen LogP contribution in [0.1, 0.15) is 50.5 Å². The van der Waals surface area contributed by atoms with Gasteiger partial charge in [0.2, 0.25) is 0 Å². The normalized spacial score (nSPS) is 15.6. The number of anilines is 1. The number of nitrogens with one attached hydrogen (secondary N) is 2. The molecule has 0 unspecified atom stereocenters. The number of carbonyl (C=O) groups excluding carboxylic acids is 1. The van der Waals surface area contributed by atoms with E-state index in [1.807, 2.05) is 31.2 Å². The van der Waals surface area contributed by atoms with E-state index < -0.39 is 0 Å². The number of amides is 2. The first-order valence-electron chi connectivity index (χ1n) is 9.12. The Morgan fingerprint density at radius 1 is 1.26 bits per heavy atom. The zero-order chi connectivity index (χ0) is 18.6. The molecule has 4 rings (SSSR count). The molecular weight excluding hydrogens is 344 g/mol. The molecule has 27 heavy (non-hydrogen) atoms. The molecule has 1 fully saturated rings. The molecule has 9 nitrogen and oxygen atoms in total. The third kappa shape index (κ3) is 3.81. The van der Waals surface area contributed by atoms with Gasteiger partial charge in [0.1, 0.15) is 19.0 Å². The van der Waals surface area contributed by atoms with Crippen molar-refractivity contribution in [1.82, 2.24) is 34.8 Å². The summed E-state index contributed by atoms with van der Waals surface area (Å²) in [7, 11) is 0. The number of hydrogen-bond acceptors (Lipinski definition) is 5. The number of aromatic nitrogens is 6. The van der Waals surface area contributed by atoms with Gasteiger partial charge >= 0.3 is 6.03 Å². The molecule has 1 aromatic carbocycles. The molecule has 2 heterocycles. The molecule has 1 atom stereocenters. The molecule has 0 spiro atoms. The van der Waals surface area contributed by atoms with Crippen LogP contribution in [0.2, 0.25) is 0 Å². The SMILES string of the molecule is C[C@@H](NC(=O)Nc1cccc(-n2cncn2)c1)c1nncn1C1CCCC1. The number of urea groups is 1. The summed E-state index contributed by atoms with van der Waals surface area (Å²) in [6.07, 6.45) is 9.58. The minimum Gasteiger partial charge on any atom is -0.328 e. The highest BCUT2D eigenvalue weighted by molar-refractivity contribution is 5.89. The third-order valence-electron chi connectivity index (χ3n) is 4.84. The van der Waals surface area contributed by atoms with Crippen molar-refractivity contribution in [2.24, 2.45) is 0 Å². The first-order valence-corrected chi connectivity index (χ1v) is 9.12. The first kappa shape index (κ1) is 17.2. The standard InChI is InChI=1S/C18H22N8O/c1-13(17-24-20-12-25(17)15-6-2-3-7-15)22-18(27)23-14-5-4-8-16(9-14)26-11-19-10-21-26/h4-5,8-13,15H,2-3,6-7H2,1H3,(H2,22,23,27)/t13-/m1/s1. The van der Waals surface area contributed by atoms with Crippen LogP contribution < -0.4 is 10.6 Å². The lowest BCUT2D eigenvalue weighted by Gasteiger charge is -2.19. The molecule has 3 aromatic rings. The first-order chi connectivity index (χ1) is 13.2. The maximum atomic E-state index is 12.4. The Kier molecular flexibility index (Phi) is 4.82. The molecule has 0 radical (unpaired) electrons. The molecule has 0 bridgehead atoms. The van der Waals surface area contributed by atoms with Gasteiger partial charge in [0.15, 0.2) is 5.82 Å². The summed E-state index contributed by atoms with van der Waals surface area (Å²) in [6, 6.07) is 7.30. The molecule has 2 aromatic heterocycles. The molecule has 1 aliphatic carbocycles. The number of benzene rings is 1. The second-order valence-corrected chi connectivity index (χ2v) is 6.75. The number of hydrogen-bond donors (Lipinski definition) is 2. The molecule has 0 saturated heterocycles. The van der Waals surface area contributed by atoms with Crippen LogP contribution in [0.5, 0.6) is 0 Å². The van der Waals surface area contributed by atoms with Gasteiger partial charge in [-0.15, -0.1) is 10.2 Å². The van der Waals surface area contributed by atoms with Crippen molar-refractivity contribution < 1.29 is 4.79 Å². The van der Waals surface area contributed by atoms with E-state index in [4.69, 9.17) is 0 Å². The lowest BCUT2D eigenvalue weighted by molar-refractivity contribution is 0.248. The second kappa shape index (κ2) is 7.56. The lowest BCUT2D eigenvalue weighted by Crippen LogP contribution is -2.33. The maximum absolute atomic E-state index is 12.4. The Morgan fingerprint density at radius 2 is 2.11 bits per heavy atom. The minimum atomic E-state index is -0.292. The highest BCUT2D eigenvalue weighted by Gasteiger charge is 2.23. The Hall–Kier alpha value is -3.23. The van der Waals surface area contributed by atoms with Gasteiger partial charge in [0, 0.05) is 11.7 Å². The largest absolute Gasteiger partial charge is 0.328 e. The molecule has 2 N–H and O–H groups in total. The summed E-state index contributed by atoms with van der Waals surface area (Å²) in [4.78, 5) is 16.4. The Balaban J connectivity index is 1.41. The Labute approximate surface area is 156 Å². The predicted octanol–water partition coefficient (Wildman–Crippen LogP) is 2.86. The fourth-order valence-corrected chi connectivity index (χ4v) is 3.52. The van der Waals surface area contributed by atoms with Crippen LogP contribution in [0, 0.1) is 0 Å². The predicted molar refractivity (Wildman–Crippen MR) is 99.5 cm³/mol. The maximum Gasteiger partial charge on any atom is 0.319 e. The number of nitrogens with zero attached hydrogens (tertiary/aromatic N) is 6. The topological polar surface area (TPSA) is 103 Å². The van der Waals surface area contributed by atoms with Gasteiger partial charge in [-0.05, 0) is 38.0 Å². The molecule has 1 aliphatic rings. The molecule has 1 saturated carbocycles. The molecule has 9 heteroatoms. The molecule has 140 valence electrons. The highest BCUT2D eigenvalue weighted by atomic mass is 16.2. The van der Waals surface area contributed by atoms with E-state index in [1.165, 1.54) is 19.2 Å². The van der Waals surface area contributed by atoms with Gasteiger partial charge in [-0.1, -0.05) is 18.9 Å². The van der Waals surface area contributed by atoms with Crippen molar-refractivity contribution >= 4 is 11.7 Å². The summed E-state index contributed by atoms with van der Waals surface area (Å²) in [6.45, 7) is 1.92. The summed E-state index contributed by atoms with van der Waals surface area (Å²) in [5.74, 6) is 0.786. The summed E-state index contributed by atoms with van der Waals surface area (Å²) >= 11 is 0. The fourth-order valence-electron chi connectivity index (χ4n) is 3.52. The monoisotopic (exact) mass is 366 g/mol. The smallest absolute Gasteiger partial charge is 0.319 e. The summed E-state index contributed by atoms with van der Waals surface area (Å²) in [5, 5.41) is 18.2. The van der Waals surface area contributed by atoms with Gasteiger partial charge in [-0.3, -0.25) is 0 Å². The number of carbonyl (C=O) groups is 1. The van der Waals surface area contributed by atoms with Crippen LogP contribution in [0.15, 0.2) is 43.2 Å². The molecule has 0 aliphatic heterocycles. The van der Waals surface area contributed by atoms with Gasteiger partial charge in [-0.2, -0.15) is 5.10 Å². The summed E-state index contributed by atoms with van der Waals surface area (Å²) in [5.41, 5.74) is 1.49. The van der Waals surface area contributed by atoms with E-state index in [-0.39, 0.29) is 12.1 Å². The van der Waals surface area contributed by atoms with Gasteiger partial charge < -0.3 is 15.2 Å². The van der Waals surface area contributed by atoms with Crippen LogP contribution in [-0.4, -0.2) is 35.6 Å². The van der Waals surface area contributed by atoms with Gasteiger partial charge in [0.05, 0.1) is 11.7 Å². The average molecular weight is 366 g/mol. The van der Waals surface area contributed by atoms with Crippen molar-refractivity contribution in [3.05, 3.63) is 49.1 Å². The fraction of sp³-hybridized carbons (Fsp3) is 0.389. The van der Waals surface area contributed by atoms with Gasteiger partial charge in [0.25, 0.3) is 0 Å². The average Bonchev–Trinajstić information content (AvgIpc) is 3.43. The van der Waals surface area contributed by atoms with E-state index in [0.717, 1.165) is 24.4 Å². The third-order valence-corrected chi connectivity index (χ3v) is 4.84. The zero-order valence-electron chi connectivity index (χ0n) is 15.1. The van der Waals surface area contributed by atoms with Gasteiger partial charge in [-0.25, -0.2) is 14.5 Å².